The molecule has 0 saturated carbocycles. The lowest BCUT2D eigenvalue weighted by molar-refractivity contribution is -0.131. The molecule has 2 amide bonds. The van der Waals surface area contributed by atoms with Crippen molar-refractivity contribution in [2.24, 2.45) is 11.8 Å². The van der Waals surface area contributed by atoms with Gasteiger partial charge in [0.05, 0.1) is 31.6 Å². The number of fused-ring (bicyclic) bond motifs is 1. The number of benzene rings is 2. The number of carbonyl (C=O) groups is 2. The monoisotopic (exact) mass is 418 g/mol. The zero-order valence-electron chi connectivity index (χ0n) is 17.5. The lowest BCUT2D eigenvalue weighted by atomic mass is 9.77. The Kier molecular flexibility index (Phi) is 5.02. The number of nitrogens with one attached hydrogen (secondary N) is 1. The molecule has 4 atom stereocenters. The highest BCUT2D eigenvalue weighted by atomic mass is 16.5. The van der Waals surface area contributed by atoms with E-state index in [2.05, 4.69) is 17.4 Å². The van der Waals surface area contributed by atoms with Gasteiger partial charge in [-0.3, -0.25) is 9.59 Å². The SMILES string of the molecule is COc1ccc(N2C[C@@]34C=C[C@H](O3)[C@@H](C(=O)NCCCc3ccccc3)[C@H]4C2=O)cc1. The molecule has 3 aliphatic rings. The van der Waals surface area contributed by atoms with Crippen molar-refractivity contribution in [3.63, 3.8) is 0 Å². The fourth-order valence-electron chi connectivity index (χ4n) is 5.05. The fraction of sp³-hybridized carbons (Fsp3) is 0.360. The van der Waals surface area contributed by atoms with Crippen molar-refractivity contribution in [1.29, 1.82) is 0 Å². The van der Waals surface area contributed by atoms with Gasteiger partial charge in [0.25, 0.3) is 0 Å². The molecule has 31 heavy (non-hydrogen) atoms. The quantitative estimate of drug-likeness (QED) is 0.555. The average Bonchev–Trinajstić information content (AvgIpc) is 3.45. The summed E-state index contributed by atoms with van der Waals surface area (Å²) in [6.07, 6.45) is 5.34. The normalized spacial score (nSPS) is 28.1. The number of aryl methyl sites for hydroxylation is 1. The van der Waals surface area contributed by atoms with Gasteiger partial charge in [-0.15, -0.1) is 0 Å². The molecule has 6 heteroatoms. The van der Waals surface area contributed by atoms with Gasteiger partial charge in [0, 0.05) is 12.2 Å². The number of ether oxygens (including phenoxy) is 2. The van der Waals surface area contributed by atoms with Gasteiger partial charge in [-0.1, -0.05) is 42.5 Å². The fourth-order valence-corrected chi connectivity index (χ4v) is 5.05. The Hall–Kier alpha value is -3.12. The number of methoxy groups -OCH3 is 1. The first-order valence-electron chi connectivity index (χ1n) is 10.8. The van der Waals surface area contributed by atoms with Crippen molar-refractivity contribution in [1.82, 2.24) is 5.32 Å². The Labute approximate surface area is 181 Å². The van der Waals surface area contributed by atoms with E-state index in [4.69, 9.17) is 9.47 Å². The van der Waals surface area contributed by atoms with Crippen molar-refractivity contribution in [2.45, 2.75) is 24.5 Å². The molecule has 1 N–H and O–H groups in total. The van der Waals surface area contributed by atoms with E-state index >= 15 is 0 Å². The van der Waals surface area contributed by atoms with Crippen molar-refractivity contribution in [2.75, 3.05) is 25.1 Å². The minimum atomic E-state index is -0.715. The van der Waals surface area contributed by atoms with Crippen LogP contribution in [0.2, 0.25) is 0 Å². The second kappa shape index (κ2) is 7.85. The van der Waals surface area contributed by atoms with Gasteiger partial charge >= 0.3 is 0 Å². The van der Waals surface area contributed by atoms with Gasteiger partial charge in [0.2, 0.25) is 11.8 Å². The highest BCUT2D eigenvalue weighted by Crippen LogP contribution is 2.52. The Morgan fingerprint density at radius 2 is 1.97 bits per heavy atom. The Balaban J connectivity index is 1.26. The highest BCUT2D eigenvalue weighted by Gasteiger charge is 2.67. The van der Waals surface area contributed by atoms with Gasteiger partial charge in [-0.2, -0.15) is 0 Å². The smallest absolute Gasteiger partial charge is 0.234 e. The van der Waals surface area contributed by atoms with E-state index in [-0.39, 0.29) is 17.9 Å². The van der Waals surface area contributed by atoms with E-state index in [0.717, 1.165) is 24.3 Å². The summed E-state index contributed by atoms with van der Waals surface area (Å²) in [5, 5.41) is 3.04. The van der Waals surface area contributed by atoms with Crippen LogP contribution < -0.4 is 15.0 Å². The number of amides is 2. The molecule has 2 aromatic carbocycles. The number of rotatable bonds is 7. The zero-order valence-corrected chi connectivity index (χ0v) is 17.5. The molecule has 2 aromatic rings. The first-order valence-corrected chi connectivity index (χ1v) is 10.8. The maximum atomic E-state index is 13.4. The Morgan fingerprint density at radius 3 is 2.71 bits per heavy atom. The lowest BCUT2D eigenvalue weighted by Crippen LogP contribution is -2.44. The lowest BCUT2D eigenvalue weighted by Gasteiger charge is -2.23. The van der Waals surface area contributed by atoms with Crippen LogP contribution in [0.5, 0.6) is 5.75 Å². The molecule has 5 rings (SSSR count). The van der Waals surface area contributed by atoms with Crippen LogP contribution in [0.15, 0.2) is 66.7 Å². The number of hydrogen-bond donors (Lipinski definition) is 1. The van der Waals surface area contributed by atoms with Crippen LogP contribution in [-0.2, 0) is 20.7 Å². The van der Waals surface area contributed by atoms with Crippen LogP contribution in [0, 0.1) is 11.8 Å². The number of nitrogens with zero attached hydrogens (tertiary/aromatic N) is 1. The molecule has 3 aliphatic heterocycles. The van der Waals surface area contributed by atoms with Crippen LogP contribution >= 0.6 is 0 Å². The Bertz CT molecular complexity index is 1000. The minimum absolute atomic E-state index is 0.0542. The first-order chi connectivity index (χ1) is 15.1. The molecule has 0 radical (unpaired) electrons. The molecular formula is C25H26N2O4. The average molecular weight is 418 g/mol. The second-order valence-corrected chi connectivity index (χ2v) is 8.40. The van der Waals surface area contributed by atoms with Crippen LogP contribution in [0.4, 0.5) is 5.69 Å². The molecule has 0 aliphatic carbocycles. The first kappa shape index (κ1) is 19.8. The third-order valence-electron chi connectivity index (χ3n) is 6.57. The molecular weight excluding hydrogens is 392 g/mol. The zero-order chi connectivity index (χ0) is 21.4. The summed E-state index contributed by atoms with van der Waals surface area (Å²) >= 11 is 0. The van der Waals surface area contributed by atoms with E-state index < -0.39 is 17.4 Å². The van der Waals surface area contributed by atoms with Gasteiger partial charge in [-0.25, -0.2) is 0 Å². The summed E-state index contributed by atoms with van der Waals surface area (Å²) in [4.78, 5) is 28.1. The van der Waals surface area contributed by atoms with Gasteiger partial charge in [0.15, 0.2) is 0 Å². The summed E-state index contributed by atoms with van der Waals surface area (Å²) in [7, 11) is 1.61. The van der Waals surface area contributed by atoms with Crippen LogP contribution in [0.25, 0.3) is 0 Å². The largest absolute Gasteiger partial charge is 0.497 e. The Morgan fingerprint density at radius 1 is 1.19 bits per heavy atom. The van der Waals surface area contributed by atoms with E-state index in [1.807, 2.05) is 54.6 Å². The minimum Gasteiger partial charge on any atom is -0.497 e. The summed E-state index contributed by atoms with van der Waals surface area (Å²) in [5.41, 5.74) is 1.33. The molecule has 2 fully saturated rings. The van der Waals surface area contributed by atoms with E-state index in [1.165, 1.54) is 5.56 Å². The second-order valence-electron chi connectivity index (χ2n) is 8.40. The molecule has 0 unspecified atom stereocenters. The van der Waals surface area contributed by atoms with Crippen molar-refractivity contribution in [3.05, 3.63) is 72.3 Å². The van der Waals surface area contributed by atoms with Crippen LogP contribution in [-0.4, -0.2) is 43.7 Å². The summed E-state index contributed by atoms with van der Waals surface area (Å²) < 4.78 is 11.4. The number of hydrogen-bond acceptors (Lipinski definition) is 4. The number of carbonyl (C=O) groups excluding carboxylic acids is 2. The highest BCUT2D eigenvalue weighted by molar-refractivity contribution is 6.03. The summed E-state index contributed by atoms with van der Waals surface area (Å²) in [6.45, 7) is 1.00. The van der Waals surface area contributed by atoms with Crippen molar-refractivity contribution >= 4 is 17.5 Å². The molecule has 3 heterocycles. The summed E-state index contributed by atoms with van der Waals surface area (Å²) in [6, 6.07) is 17.6. The molecule has 2 saturated heterocycles. The van der Waals surface area contributed by atoms with Gasteiger partial charge < -0.3 is 19.7 Å². The van der Waals surface area contributed by atoms with E-state index in [0.29, 0.717) is 13.1 Å². The summed E-state index contributed by atoms with van der Waals surface area (Å²) in [5.74, 6) is -0.393. The third kappa shape index (κ3) is 3.41. The molecule has 1 spiro atoms. The van der Waals surface area contributed by atoms with Crippen LogP contribution in [0.3, 0.4) is 0 Å². The van der Waals surface area contributed by atoms with E-state index in [9.17, 15) is 9.59 Å². The number of anilines is 1. The molecule has 6 nitrogen and oxygen atoms in total. The van der Waals surface area contributed by atoms with Crippen molar-refractivity contribution < 1.29 is 19.1 Å². The van der Waals surface area contributed by atoms with Crippen molar-refractivity contribution in [3.8, 4) is 5.75 Å². The predicted octanol–water partition coefficient (Wildman–Crippen LogP) is 2.73. The standard InChI is InChI=1S/C25H26N2O4/c1-30-19-11-9-18(10-12-19)27-16-25-14-13-20(31-25)21(22(25)24(27)29)23(28)26-15-5-8-17-6-3-2-4-7-17/h2-4,6-7,9-14,20-22H,5,8,15-16H2,1H3,(H,26,28)/t20-,21+,22-,25+/m0/s1. The molecule has 0 aromatic heterocycles. The van der Waals surface area contributed by atoms with Gasteiger partial charge in [0.1, 0.15) is 11.4 Å². The third-order valence-corrected chi connectivity index (χ3v) is 6.57. The van der Waals surface area contributed by atoms with Gasteiger partial charge in [-0.05, 0) is 42.7 Å². The topological polar surface area (TPSA) is 67.9 Å². The maximum absolute atomic E-state index is 13.4. The molecule has 160 valence electrons. The van der Waals surface area contributed by atoms with E-state index in [1.54, 1.807) is 12.0 Å². The van der Waals surface area contributed by atoms with Crippen LogP contribution in [0.1, 0.15) is 12.0 Å². The molecule has 2 bridgehead atoms. The predicted molar refractivity (Wildman–Crippen MR) is 117 cm³/mol. The maximum Gasteiger partial charge on any atom is 0.234 e.